The number of benzene rings is 1. The summed E-state index contributed by atoms with van der Waals surface area (Å²) in [5, 5.41) is 11.0. The molecule has 1 N–H and O–H groups in total. The highest BCUT2D eigenvalue weighted by molar-refractivity contribution is 5.37. The van der Waals surface area contributed by atoms with Crippen LogP contribution in [0.5, 0.6) is 0 Å². The molecule has 3 aliphatic rings. The lowest BCUT2D eigenvalue weighted by atomic mass is 9.78. The summed E-state index contributed by atoms with van der Waals surface area (Å²) in [4.78, 5) is 0. The summed E-state index contributed by atoms with van der Waals surface area (Å²) in [6.45, 7) is 0. The highest BCUT2D eigenvalue weighted by atomic mass is 19.1. The molecule has 1 aromatic carbocycles. The van der Waals surface area contributed by atoms with Crippen molar-refractivity contribution in [2.24, 2.45) is 17.8 Å². The van der Waals surface area contributed by atoms with Gasteiger partial charge in [0.15, 0.2) is 0 Å². The van der Waals surface area contributed by atoms with Crippen molar-refractivity contribution in [2.75, 3.05) is 0 Å². The third-order valence-corrected chi connectivity index (χ3v) is 5.86. The Bertz CT molecular complexity index is 512. The Balaban J connectivity index is 1.59. The first-order chi connectivity index (χ1) is 9.14. The summed E-state index contributed by atoms with van der Waals surface area (Å²) in [5.41, 5.74) is 1.33. The second-order valence-electron chi connectivity index (χ2n) is 6.97. The molecule has 0 aliphatic heterocycles. The van der Waals surface area contributed by atoms with E-state index in [1.165, 1.54) is 31.7 Å². The van der Waals surface area contributed by atoms with Crippen LogP contribution < -0.4 is 0 Å². The van der Waals surface area contributed by atoms with Gasteiger partial charge in [0.1, 0.15) is 5.82 Å². The van der Waals surface area contributed by atoms with Crippen molar-refractivity contribution in [1.29, 1.82) is 0 Å². The molecule has 0 amide bonds. The minimum atomic E-state index is -0.682. The van der Waals surface area contributed by atoms with E-state index in [9.17, 15) is 9.50 Å². The van der Waals surface area contributed by atoms with E-state index in [0.29, 0.717) is 5.92 Å². The topological polar surface area (TPSA) is 20.2 Å². The molecule has 1 nitrogen and oxygen atoms in total. The maximum Gasteiger partial charge on any atom is 0.123 e. The zero-order valence-electron chi connectivity index (χ0n) is 11.2. The third-order valence-electron chi connectivity index (χ3n) is 5.86. The molecule has 2 saturated carbocycles. The van der Waals surface area contributed by atoms with Gasteiger partial charge in [0, 0.05) is 0 Å². The van der Waals surface area contributed by atoms with E-state index in [2.05, 4.69) is 0 Å². The lowest BCUT2D eigenvalue weighted by Gasteiger charge is -2.31. The van der Waals surface area contributed by atoms with Crippen LogP contribution in [0.15, 0.2) is 18.2 Å². The van der Waals surface area contributed by atoms with Crippen LogP contribution in [0, 0.1) is 23.6 Å². The Morgan fingerprint density at radius 2 is 2.16 bits per heavy atom. The van der Waals surface area contributed by atoms with E-state index in [1.54, 1.807) is 6.07 Å². The van der Waals surface area contributed by atoms with E-state index in [-0.39, 0.29) is 5.82 Å². The minimum absolute atomic E-state index is 0.178. The van der Waals surface area contributed by atoms with Gasteiger partial charge >= 0.3 is 0 Å². The van der Waals surface area contributed by atoms with Gasteiger partial charge in [-0.2, -0.15) is 0 Å². The van der Waals surface area contributed by atoms with Crippen molar-refractivity contribution in [3.63, 3.8) is 0 Å². The van der Waals surface area contributed by atoms with Crippen molar-refractivity contribution < 1.29 is 9.50 Å². The molecular weight excluding hydrogens is 239 g/mol. The number of hydrogen-bond acceptors (Lipinski definition) is 1. The van der Waals surface area contributed by atoms with Gasteiger partial charge in [-0.15, -0.1) is 0 Å². The molecule has 2 fully saturated rings. The van der Waals surface area contributed by atoms with E-state index >= 15 is 0 Å². The summed E-state index contributed by atoms with van der Waals surface area (Å²) >= 11 is 0. The Labute approximate surface area is 113 Å². The SMILES string of the molecule is OC1(CC2CC3CCC2C3)CCc2cc(F)ccc21. The monoisotopic (exact) mass is 260 g/mol. The Morgan fingerprint density at radius 3 is 2.89 bits per heavy atom. The molecule has 0 radical (unpaired) electrons. The van der Waals surface area contributed by atoms with E-state index in [0.717, 1.165) is 42.2 Å². The summed E-state index contributed by atoms with van der Waals surface area (Å²) < 4.78 is 13.3. The summed E-state index contributed by atoms with van der Waals surface area (Å²) in [5.74, 6) is 2.29. The predicted octanol–water partition coefficient (Wildman–Crippen LogP) is 3.79. The number of rotatable bonds is 2. The van der Waals surface area contributed by atoms with Crippen LogP contribution in [-0.2, 0) is 12.0 Å². The highest BCUT2D eigenvalue weighted by Crippen LogP contribution is 2.53. The zero-order valence-corrected chi connectivity index (χ0v) is 11.2. The molecular formula is C17H21FO. The molecule has 0 aromatic heterocycles. The zero-order chi connectivity index (χ0) is 13.0. The van der Waals surface area contributed by atoms with Crippen molar-refractivity contribution in [3.8, 4) is 0 Å². The predicted molar refractivity (Wildman–Crippen MR) is 72.2 cm³/mol. The van der Waals surface area contributed by atoms with Crippen LogP contribution in [0.3, 0.4) is 0 Å². The lowest BCUT2D eigenvalue weighted by molar-refractivity contribution is 0.00416. The molecule has 3 aliphatic carbocycles. The molecule has 19 heavy (non-hydrogen) atoms. The van der Waals surface area contributed by atoms with Crippen molar-refractivity contribution >= 4 is 0 Å². The molecule has 0 heterocycles. The fourth-order valence-electron chi connectivity index (χ4n) is 4.97. The average Bonchev–Trinajstić information content (AvgIpc) is 3.05. The van der Waals surface area contributed by atoms with Crippen molar-refractivity contribution in [3.05, 3.63) is 35.1 Å². The molecule has 4 unspecified atom stereocenters. The first kappa shape index (κ1) is 11.9. The number of hydrogen-bond donors (Lipinski definition) is 1. The molecule has 0 saturated heterocycles. The van der Waals surface area contributed by atoms with Crippen molar-refractivity contribution in [2.45, 2.75) is 50.5 Å². The maximum absolute atomic E-state index is 13.3. The lowest BCUT2D eigenvalue weighted by Crippen LogP contribution is -2.28. The molecule has 0 spiro atoms. The average molecular weight is 260 g/mol. The van der Waals surface area contributed by atoms with E-state index in [1.807, 2.05) is 6.07 Å². The molecule has 2 bridgehead atoms. The number of aliphatic hydroxyl groups is 1. The van der Waals surface area contributed by atoms with Gasteiger partial charge in [-0.05, 0) is 79.5 Å². The Morgan fingerprint density at radius 1 is 1.26 bits per heavy atom. The first-order valence-corrected chi connectivity index (χ1v) is 7.65. The fraction of sp³-hybridized carbons (Fsp3) is 0.647. The van der Waals surface area contributed by atoms with E-state index < -0.39 is 5.60 Å². The number of aryl methyl sites for hydroxylation is 1. The van der Waals surface area contributed by atoms with Crippen LogP contribution >= 0.6 is 0 Å². The standard InChI is InChI=1S/C17H21FO/c18-15-3-4-16-13(9-15)5-6-17(16,19)10-14-8-11-1-2-12(14)7-11/h3-4,9,11-12,14,19H,1-2,5-8,10H2. The van der Waals surface area contributed by atoms with Crippen LogP contribution in [0.25, 0.3) is 0 Å². The van der Waals surface area contributed by atoms with Gasteiger partial charge in [0.05, 0.1) is 5.60 Å². The quantitative estimate of drug-likeness (QED) is 0.858. The van der Waals surface area contributed by atoms with Crippen LogP contribution in [-0.4, -0.2) is 5.11 Å². The highest BCUT2D eigenvalue weighted by Gasteiger charge is 2.45. The fourth-order valence-corrected chi connectivity index (χ4v) is 4.97. The summed E-state index contributed by atoms with van der Waals surface area (Å²) in [7, 11) is 0. The summed E-state index contributed by atoms with van der Waals surface area (Å²) in [6, 6.07) is 4.91. The molecule has 4 atom stereocenters. The minimum Gasteiger partial charge on any atom is -0.385 e. The van der Waals surface area contributed by atoms with Crippen LogP contribution in [0.1, 0.15) is 49.7 Å². The molecule has 102 valence electrons. The second kappa shape index (κ2) is 4.05. The normalized spacial score (nSPS) is 39.8. The third kappa shape index (κ3) is 1.84. The second-order valence-corrected chi connectivity index (χ2v) is 6.97. The number of halogens is 1. The van der Waals surface area contributed by atoms with Gasteiger partial charge in [-0.1, -0.05) is 12.5 Å². The van der Waals surface area contributed by atoms with Gasteiger partial charge in [-0.3, -0.25) is 0 Å². The molecule has 2 heteroatoms. The van der Waals surface area contributed by atoms with Gasteiger partial charge < -0.3 is 5.11 Å². The Hall–Kier alpha value is -0.890. The van der Waals surface area contributed by atoms with Crippen LogP contribution in [0.4, 0.5) is 4.39 Å². The maximum atomic E-state index is 13.3. The summed E-state index contributed by atoms with van der Waals surface area (Å²) in [6.07, 6.45) is 7.96. The Kier molecular flexibility index (Phi) is 2.54. The van der Waals surface area contributed by atoms with Gasteiger partial charge in [0.25, 0.3) is 0 Å². The van der Waals surface area contributed by atoms with E-state index in [4.69, 9.17) is 0 Å². The first-order valence-electron chi connectivity index (χ1n) is 7.65. The van der Waals surface area contributed by atoms with Crippen LogP contribution in [0.2, 0.25) is 0 Å². The van der Waals surface area contributed by atoms with Crippen molar-refractivity contribution in [1.82, 2.24) is 0 Å². The van der Waals surface area contributed by atoms with Gasteiger partial charge in [-0.25, -0.2) is 4.39 Å². The number of fused-ring (bicyclic) bond motifs is 3. The molecule has 1 aromatic rings. The smallest absolute Gasteiger partial charge is 0.123 e. The largest absolute Gasteiger partial charge is 0.385 e. The van der Waals surface area contributed by atoms with Gasteiger partial charge in [0.2, 0.25) is 0 Å². The molecule has 4 rings (SSSR count).